The van der Waals surface area contributed by atoms with E-state index in [0.717, 1.165) is 17.8 Å². The van der Waals surface area contributed by atoms with E-state index >= 15 is 0 Å². The van der Waals surface area contributed by atoms with Crippen LogP contribution < -0.4 is 10.6 Å². The highest BCUT2D eigenvalue weighted by atomic mass is 19.2. The third-order valence-electron chi connectivity index (χ3n) is 2.44. The fraction of sp³-hybridized carbons (Fsp3) is 0.154. The number of hydrogen-bond donors (Lipinski definition) is 2. The Morgan fingerprint density at radius 2 is 2.00 bits per heavy atom. The standard InChI is InChI=1S/C13H12F2N4O/c1-8-5-17-10(6-16-8)7-18-13(20)19-9-2-3-11(14)12(15)4-9/h2-6H,7H2,1H3,(H2,18,19,20). The molecule has 0 saturated carbocycles. The average molecular weight is 278 g/mol. The van der Waals surface area contributed by atoms with Crippen molar-refractivity contribution in [2.24, 2.45) is 0 Å². The summed E-state index contributed by atoms with van der Waals surface area (Å²) in [5, 5.41) is 4.92. The van der Waals surface area contributed by atoms with E-state index in [2.05, 4.69) is 20.6 Å². The van der Waals surface area contributed by atoms with Gasteiger partial charge in [-0.15, -0.1) is 0 Å². The molecule has 20 heavy (non-hydrogen) atoms. The first-order chi connectivity index (χ1) is 9.54. The van der Waals surface area contributed by atoms with Gasteiger partial charge in [0.15, 0.2) is 11.6 Å². The summed E-state index contributed by atoms with van der Waals surface area (Å²) in [5.74, 6) is -1.99. The first-order valence-corrected chi connectivity index (χ1v) is 5.82. The highest BCUT2D eigenvalue weighted by Gasteiger charge is 2.06. The van der Waals surface area contributed by atoms with E-state index < -0.39 is 17.7 Å². The molecule has 2 rings (SSSR count). The van der Waals surface area contributed by atoms with E-state index in [9.17, 15) is 13.6 Å². The van der Waals surface area contributed by atoms with E-state index in [1.54, 1.807) is 19.3 Å². The molecular formula is C13H12F2N4O. The molecule has 0 saturated heterocycles. The van der Waals surface area contributed by atoms with Crippen molar-refractivity contribution >= 4 is 11.7 Å². The average Bonchev–Trinajstić information content (AvgIpc) is 2.42. The van der Waals surface area contributed by atoms with Gasteiger partial charge in [-0.05, 0) is 19.1 Å². The number of nitrogens with one attached hydrogen (secondary N) is 2. The Morgan fingerprint density at radius 3 is 2.65 bits per heavy atom. The van der Waals surface area contributed by atoms with Crippen LogP contribution in [0.25, 0.3) is 0 Å². The van der Waals surface area contributed by atoms with Crippen molar-refractivity contribution in [3.63, 3.8) is 0 Å². The lowest BCUT2D eigenvalue weighted by Crippen LogP contribution is -2.28. The van der Waals surface area contributed by atoms with Gasteiger partial charge in [0.05, 0.1) is 24.1 Å². The maximum absolute atomic E-state index is 13.0. The normalized spacial score (nSPS) is 10.2. The molecule has 1 heterocycles. The molecule has 1 aromatic carbocycles. The Hall–Kier alpha value is -2.57. The number of urea groups is 1. The third kappa shape index (κ3) is 3.71. The summed E-state index contributed by atoms with van der Waals surface area (Å²) in [6, 6.07) is 2.57. The zero-order valence-corrected chi connectivity index (χ0v) is 10.7. The summed E-state index contributed by atoms with van der Waals surface area (Å²) in [6.45, 7) is 1.99. The maximum Gasteiger partial charge on any atom is 0.319 e. The molecule has 2 aromatic rings. The quantitative estimate of drug-likeness (QED) is 0.905. The lowest BCUT2D eigenvalue weighted by atomic mass is 10.3. The Bertz CT molecular complexity index is 616. The number of nitrogens with zero attached hydrogens (tertiary/aromatic N) is 2. The van der Waals surface area contributed by atoms with Crippen LogP contribution in [0.2, 0.25) is 0 Å². The SMILES string of the molecule is Cc1cnc(CNC(=O)Nc2ccc(F)c(F)c2)cn1. The lowest BCUT2D eigenvalue weighted by Gasteiger charge is -2.07. The molecule has 0 atom stereocenters. The van der Waals surface area contributed by atoms with E-state index in [1.165, 1.54) is 6.07 Å². The van der Waals surface area contributed by atoms with Gasteiger partial charge >= 0.3 is 6.03 Å². The number of benzene rings is 1. The molecule has 104 valence electrons. The van der Waals surface area contributed by atoms with Crippen molar-refractivity contribution in [3.05, 3.63) is 53.6 Å². The number of aryl methyl sites for hydroxylation is 1. The van der Waals surface area contributed by atoms with E-state index in [0.29, 0.717) is 5.69 Å². The number of amides is 2. The minimum absolute atomic E-state index is 0.163. The van der Waals surface area contributed by atoms with Crippen molar-refractivity contribution in [1.82, 2.24) is 15.3 Å². The third-order valence-corrected chi connectivity index (χ3v) is 2.44. The minimum atomic E-state index is -1.02. The van der Waals surface area contributed by atoms with E-state index in [4.69, 9.17) is 0 Å². The second-order valence-electron chi connectivity index (χ2n) is 4.09. The number of hydrogen-bond acceptors (Lipinski definition) is 3. The zero-order chi connectivity index (χ0) is 14.5. The molecule has 0 aliphatic heterocycles. The summed E-state index contributed by atoms with van der Waals surface area (Å²) in [4.78, 5) is 19.7. The molecule has 2 amide bonds. The zero-order valence-electron chi connectivity index (χ0n) is 10.7. The first kappa shape index (κ1) is 13.9. The highest BCUT2D eigenvalue weighted by molar-refractivity contribution is 5.89. The van der Waals surface area contributed by atoms with Crippen LogP contribution in [0.15, 0.2) is 30.6 Å². The van der Waals surface area contributed by atoms with Gasteiger partial charge in [0.2, 0.25) is 0 Å². The topological polar surface area (TPSA) is 66.9 Å². The van der Waals surface area contributed by atoms with Gasteiger partial charge in [0, 0.05) is 18.0 Å². The Labute approximate surface area is 114 Å². The van der Waals surface area contributed by atoms with E-state index in [1.807, 2.05) is 0 Å². The molecule has 0 aliphatic rings. The molecular weight excluding hydrogens is 266 g/mol. The minimum Gasteiger partial charge on any atom is -0.332 e. The number of aromatic nitrogens is 2. The molecule has 1 aromatic heterocycles. The molecule has 0 unspecified atom stereocenters. The summed E-state index contributed by atoms with van der Waals surface area (Å²) in [6.07, 6.45) is 3.14. The van der Waals surface area contributed by atoms with Gasteiger partial charge in [0.25, 0.3) is 0 Å². The molecule has 0 fully saturated rings. The molecule has 2 N–H and O–H groups in total. The fourth-order valence-corrected chi connectivity index (χ4v) is 1.43. The van der Waals surface area contributed by atoms with Crippen LogP contribution in [0.3, 0.4) is 0 Å². The second-order valence-corrected chi connectivity index (χ2v) is 4.09. The van der Waals surface area contributed by atoms with Crippen LogP contribution in [-0.4, -0.2) is 16.0 Å². The number of halogens is 2. The van der Waals surface area contributed by atoms with Crippen LogP contribution in [0, 0.1) is 18.6 Å². The monoisotopic (exact) mass is 278 g/mol. The summed E-state index contributed by atoms with van der Waals surface area (Å²) in [7, 11) is 0. The Balaban J connectivity index is 1.89. The number of rotatable bonds is 3. The Morgan fingerprint density at radius 1 is 1.20 bits per heavy atom. The molecule has 0 bridgehead atoms. The van der Waals surface area contributed by atoms with Crippen LogP contribution in [0.4, 0.5) is 19.3 Å². The summed E-state index contributed by atoms with van der Waals surface area (Å²) < 4.78 is 25.7. The van der Waals surface area contributed by atoms with E-state index in [-0.39, 0.29) is 12.2 Å². The Kier molecular flexibility index (Phi) is 4.19. The largest absolute Gasteiger partial charge is 0.332 e. The van der Waals surface area contributed by atoms with Gasteiger partial charge in [-0.2, -0.15) is 0 Å². The van der Waals surface area contributed by atoms with Gasteiger partial charge < -0.3 is 10.6 Å². The van der Waals surface area contributed by atoms with Crippen molar-refractivity contribution < 1.29 is 13.6 Å². The highest BCUT2D eigenvalue weighted by Crippen LogP contribution is 2.12. The smallest absolute Gasteiger partial charge is 0.319 e. The molecule has 0 spiro atoms. The van der Waals surface area contributed by atoms with Gasteiger partial charge in [-0.3, -0.25) is 9.97 Å². The first-order valence-electron chi connectivity index (χ1n) is 5.82. The number of anilines is 1. The molecule has 5 nitrogen and oxygen atoms in total. The number of carbonyl (C=O) groups is 1. The van der Waals surface area contributed by atoms with Gasteiger partial charge in [-0.25, -0.2) is 13.6 Å². The van der Waals surface area contributed by atoms with Gasteiger partial charge in [0.1, 0.15) is 0 Å². The van der Waals surface area contributed by atoms with Crippen molar-refractivity contribution in [3.8, 4) is 0 Å². The van der Waals surface area contributed by atoms with Crippen molar-refractivity contribution in [2.45, 2.75) is 13.5 Å². The molecule has 0 aliphatic carbocycles. The van der Waals surface area contributed by atoms with Crippen molar-refractivity contribution in [2.75, 3.05) is 5.32 Å². The van der Waals surface area contributed by atoms with Crippen molar-refractivity contribution in [1.29, 1.82) is 0 Å². The lowest BCUT2D eigenvalue weighted by molar-refractivity contribution is 0.251. The fourth-order valence-electron chi connectivity index (χ4n) is 1.43. The van der Waals surface area contributed by atoms with Gasteiger partial charge in [-0.1, -0.05) is 0 Å². The van der Waals surface area contributed by atoms with Crippen LogP contribution in [0.1, 0.15) is 11.4 Å². The van der Waals surface area contributed by atoms with Crippen LogP contribution in [-0.2, 0) is 6.54 Å². The summed E-state index contributed by atoms with van der Waals surface area (Å²) >= 11 is 0. The predicted octanol–water partition coefficient (Wildman–Crippen LogP) is 2.38. The van der Waals surface area contributed by atoms with Crippen LogP contribution >= 0.6 is 0 Å². The number of carbonyl (C=O) groups excluding carboxylic acids is 1. The second kappa shape index (κ2) is 6.05. The molecule has 7 heteroatoms. The van der Waals surface area contributed by atoms with Crippen LogP contribution in [0.5, 0.6) is 0 Å². The summed E-state index contributed by atoms with van der Waals surface area (Å²) in [5.41, 5.74) is 1.53. The maximum atomic E-state index is 13.0. The molecule has 0 radical (unpaired) electrons. The predicted molar refractivity (Wildman–Crippen MR) is 69.0 cm³/mol.